The third kappa shape index (κ3) is 3.76. The molecule has 0 saturated carbocycles. The molecule has 1 fully saturated rings. The van der Waals surface area contributed by atoms with E-state index in [4.69, 9.17) is 9.47 Å². The van der Waals surface area contributed by atoms with Crippen molar-refractivity contribution < 1.29 is 14.3 Å². The van der Waals surface area contributed by atoms with Gasteiger partial charge in [0.1, 0.15) is 5.75 Å². The van der Waals surface area contributed by atoms with Crippen molar-refractivity contribution in [2.24, 2.45) is 5.92 Å². The Morgan fingerprint density at radius 1 is 1.24 bits per heavy atom. The van der Waals surface area contributed by atoms with Crippen molar-refractivity contribution in [3.63, 3.8) is 0 Å². The molecule has 1 aliphatic rings. The van der Waals surface area contributed by atoms with Gasteiger partial charge in [0, 0.05) is 26.6 Å². The fraction of sp³-hybridized carbons (Fsp3) is 0.588. The molecule has 1 unspecified atom stereocenters. The third-order valence-electron chi connectivity index (χ3n) is 4.11. The first kappa shape index (κ1) is 15.8. The highest BCUT2D eigenvalue weighted by atomic mass is 16.5. The molecule has 1 aromatic carbocycles. The second-order valence-electron chi connectivity index (χ2n) is 5.87. The molecule has 0 N–H and O–H groups in total. The molecule has 0 radical (unpaired) electrons. The van der Waals surface area contributed by atoms with Crippen LogP contribution in [0.2, 0.25) is 0 Å². The van der Waals surface area contributed by atoms with Gasteiger partial charge in [-0.2, -0.15) is 0 Å². The molecule has 1 amide bonds. The fourth-order valence-electron chi connectivity index (χ4n) is 3.22. The Kier molecular flexibility index (Phi) is 5.23. The summed E-state index contributed by atoms with van der Waals surface area (Å²) in [6, 6.07) is 4.35. The molecule has 0 spiro atoms. The lowest BCUT2D eigenvalue weighted by molar-refractivity contribution is -0.128. The highest BCUT2D eigenvalue weighted by Crippen LogP contribution is 2.28. The average molecular weight is 291 g/mol. The maximum Gasteiger partial charge on any atom is 0.223 e. The van der Waals surface area contributed by atoms with Crippen molar-refractivity contribution in [2.45, 2.75) is 26.7 Å². The molecule has 1 saturated heterocycles. The fourth-order valence-corrected chi connectivity index (χ4v) is 3.22. The van der Waals surface area contributed by atoms with E-state index in [0.717, 1.165) is 29.8 Å². The number of hydrogen-bond donors (Lipinski definition) is 0. The summed E-state index contributed by atoms with van der Waals surface area (Å²) in [7, 11) is 3.37. The zero-order valence-electron chi connectivity index (χ0n) is 13.4. The van der Waals surface area contributed by atoms with Gasteiger partial charge in [0.05, 0.1) is 13.7 Å². The van der Waals surface area contributed by atoms with E-state index in [1.54, 1.807) is 14.2 Å². The van der Waals surface area contributed by atoms with Crippen LogP contribution in [-0.4, -0.2) is 44.7 Å². The molecule has 1 aliphatic heterocycles. The second-order valence-corrected chi connectivity index (χ2v) is 5.87. The van der Waals surface area contributed by atoms with Crippen molar-refractivity contribution in [3.05, 3.63) is 28.8 Å². The maximum atomic E-state index is 12.0. The van der Waals surface area contributed by atoms with Gasteiger partial charge in [0.15, 0.2) is 0 Å². The normalized spacial score (nSPS) is 18.4. The highest BCUT2D eigenvalue weighted by Gasteiger charge is 2.29. The summed E-state index contributed by atoms with van der Waals surface area (Å²) < 4.78 is 10.5. The zero-order chi connectivity index (χ0) is 15.4. The van der Waals surface area contributed by atoms with Crippen LogP contribution in [0.5, 0.6) is 5.75 Å². The lowest BCUT2D eigenvalue weighted by Gasteiger charge is -2.16. The number of benzene rings is 1. The Bertz CT molecular complexity index is 490. The first-order chi connectivity index (χ1) is 10.0. The molecule has 116 valence electrons. The molecule has 4 heteroatoms. The van der Waals surface area contributed by atoms with Gasteiger partial charge in [-0.15, -0.1) is 0 Å². The Morgan fingerprint density at radius 2 is 1.90 bits per heavy atom. The first-order valence-corrected chi connectivity index (χ1v) is 7.46. The van der Waals surface area contributed by atoms with Gasteiger partial charge >= 0.3 is 0 Å². The molecule has 1 atom stereocenters. The molecular formula is C17H25NO3. The van der Waals surface area contributed by atoms with Crippen molar-refractivity contribution in [2.75, 3.05) is 33.9 Å². The van der Waals surface area contributed by atoms with E-state index >= 15 is 0 Å². The highest BCUT2D eigenvalue weighted by molar-refractivity contribution is 5.78. The van der Waals surface area contributed by atoms with E-state index in [-0.39, 0.29) is 5.91 Å². The zero-order valence-corrected chi connectivity index (χ0v) is 13.4. The lowest BCUT2D eigenvalue weighted by Crippen LogP contribution is -2.28. The Labute approximate surface area is 127 Å². The molecule has 1 heterocycles. The molecule has 0 aromatic heterocycles. The van der Waals surface area contributed by atoms with Gasteiger partial charge in [-0.05, 0) is 42.9 Å². The number of rotatable bonds is 6. The third-order valence-corrected chi connectivity index (χ3v) is 4.11. The summed E-state index contributed by atoms with van der Waals surface area (Å²) in [6.45, 7) is 6.29. The monoisotopic (exact) mass is 291 g/mol. The van der Waals surface area contributed by atoms with E-state index in [0.29, 0.717) is 25.5 Å². The van der Waals surface area contributed by atoms with Crippen molar-refractivity contribution >= 4 is 5.91 Å². The van der Waals surface area contributed by atoms with E-state index in [1.807, 2.05) is 4.90 Å². The van der Waals surface area contributed by atoms with Crippen LogP contribution < -0.4 is 4.74 Å². The van der Waals surface area contributed by atoms with Crippen LogP contribution >= 0.6 is 0 Å². The number of carbonyl (C=O) groups excluding carboxylic acids is 1. The van der Waals surface area contributed by atoms with Crippen LogP contribution in [0.4, 0.5) is 0 Å². The summed E-state index contributed by atoms with van der Waals surface area (Å²) in [5.74, 6) is 1.61. The summed E-state index contributed by atoms with van der Waals surface area (Å²) in [5.41, 5.74) is 3.61. The Hall–Kier alpha value is -1.55. The Balaban J connectivity index is 2.01. The molecule has 0 bridgehead atoms. The average Bonchev–Trinajstić information content (AvgIpc) is 2.76. The van der Waals surface area contributed by atoms with Gasteiger partial charge < -0.3 is 14.4 Å². The molecule has 2 rings (SSSR count). The quantitative estimate of drug-likeness (QED) is 0.807. The van der Waals surface area contributed by atoms with Crippen LogP contribution in [-0.2, 0) is 16.0 Å². The van der Waals surface area contributed by atoms with Crippen molar-refractivity contribution in [1.29, 1.82) is 0 Å². The van der Waals surface area contributed by atoms with Crippen LogP contribution in [0.15, 0.2) is 12.1 Å². The predicted molar refractivity (Wildman–Crippen MR) is 82.7 cm³/mol. The number of likely N-dealkylation sites (tertiary alicyclic amines) is 1. The van der Waals surface area contributed by atoms with Gasteiger partial charge in [-0.1, -0.05) is 12.1 Å². The van der Waals surface area contributed by atoms with E-state index < -0.39 is 0 Å². The van der Waals surface area contributed by atoms with Crippen LogP contribution in [0.3, 0.4) is 0 Å². The molecular weight excluding hydrogens is 266 g/mol. The van der Waals surface area contributed by atoms with E-state index in [2.05, 4.69) is 26.0 Å². The Morgan fingerprint density at radius 3 is 2.48 bits per heavy atom. The second kappa shape index (κ2) is 6.94. The van der Waals surface area contributed by atoms with Crippen LogP contribution in [0, 0.1) is 19.8 Å². The molecule has 0 aliphatic carbocycles. The van der Waals surface area contributed by atoms with Gasteiger partial charge in [-0.3, -0.25) is 4.79 Å². The summed E-state index contributed by atoms with van der Waals surface area (Å²) in [4.78, 5) is 13.9. The van der Waals surface area contributed by atoms with Crippen LogP contribution in [0.25, 0.3) is 0 Å². The number of methoxy groups -OCH3 is 2. The minimum Gasteiger partial charge on any atom is -0.496 e. The molecule has 4 nitrogen and oxygen atoms in total. The van der Waals surface area contributed by atoms with Crippen molar-refractivity contribution in [3.8, 4) is 5.75 Å². The number of nitrogens with zero attached hydrogens (tertiary/aromatic N) is 1. The van der Waals surface area contributed by atoms with Crippen molar-refractivity contribution in [1.82, 2.24) is 4.90 Å². The standard InChI is InChI=1S/C17H25NO3/c1-12-7-14(8-13(2)17(12)21-4)9-15-10-16(19)18(11-15)5-6-20-3/h7-8,15H,5-6,9-11H2,1-4H3. The SMILES string of the molecule is COCCN1CC(Cc2cc(C)c(OC)c(C)c2)CC1=O. The first-order valence-electron chi connectivity index (χ1n) is 7.46. The summed E-state index contributed by atoms with van der Waals surface area (Å²) in [5, 5.41) is 0. The number of ether oxygens (including phenoxy) is 2. The largest absolute Gasteiger partial charge is 0.496 e. The molecule has 1 aromatic rings. The van der Waals surface area contributed by atoms with E-state index in [1.165, 1.54) is 5.56 Å². The number of amides is 1. The van der Waals surface area contributed by atoms with Gasteiger partial charge in [0.2, 0.25) is 5.91 Å². The van der Waals surface area contributed by atoms with Gasteiger partial charge in [-0.25, -0.2) is 0 Å². The van der Waals surface area contributed by atoms with Crippen LogP contribution in [0.1, 0.15) is 23.1 Å². The van der Waals surface area contributed by atoms with Gasteiger partial charge in [0.25, 0.3) is 0 Å². The maximum absolute atomic E-state index is 12.0. The van der Waals surface area contributed by atoms with E-state index in [9.17, 15) is 4.79 Å². The predicted octanol–water partition coefficient (Wildman–Crippen LogP) is 2.35. The number of aryl methyl sites for hydroxylation is 2. The smallest absolute Gasteiger partial charge is 0.223 e. The minimum absolute atomic E-state index is 0.249. The topological polar surface area (TPSA) is 38.8 Å². The lowest BCUT2D eigenvalue weighted by atomic mass is 9.95. The minimum atomic E-state index is 0.249. The number of carbonyl (C=O) groups is 1. The molecule has 21 heavy (non-hydrogen) atoms. The number of hydrogen-bond acceptors (Lipinski definition) is 3. The summed E-state index contributed by atoms with van der Waals surface area (Å²) in [6.07, 6.45) is 1.59. The summed E-state index contributed by atoms with van der Waals surface area (Å²) >= 11 is 0.